The van der Waals surface area contributed by atoms with Crippen LogP contribution in [0.2, 0.25) is 0 Å². The number of β-lactam (4-membered cyclic amide) rings is 1. The fraction of sp³-hybridized carbons (Fsp3) is 0.409. The number of thioether (sulfide) groups is 2. The van der Waals surface area contributed by atoms with E-state index in [2.05, 4.69) is 26.2 Å². The first-order valence-corrected chi connectivity index (χ1v) is 13.4. The Bertz CT molecular complexity index is 1220. The molecule has 1 aromatic carbocycles. The lowest BCUT2D eigenvalue weighted by atomic mass is 10.0. The van der Waals surface area contributed by atoms with Crippen LogP contribution in [0.4, 0.5) is 5.69 Å². The number of anilines is 1. The Morgan fingerprint density at radius 1 is 1.24 bits per heavy atom. The van der Waals surface area contributed by atoms with Crippen LogP contribution in [0, 0.1) is 0 Å². The van der Waals surface area contributed by atoms with Crippen molar-refractivity contribution in [1.29, 1.82) is 0 Å². The number of tetrazole rings is 1. The van der Waals surface area contributed by atoms with E-state index in [9.17, 15) is 29.4 Å². The molecule has 15 heteroatoms. The molecule has 0 saturated carbocycles. The van der Waals surface area contributed by atoms with Crippen LogP contribution in [-0.2, 0) is 26.2 Å². The van der Waals surface area contributed by atoms with Gasteiger partial charge in [0.25, 0.3) is 5.91 Å². The number of rotatable bonds is 12. The predicted molar refractivity (Wildman–Crippen MR) is 135 cm³/mol. The van der Waals surface area contributed by atoms with Gasteiger partial charge < -0.3 is 20.8 Å². The molecule has 13 nitrogen and oxygen atoms in total. The number of aryl methyl sites for hydroxylation is 1. The maximum atomic E-state index is 12.8. The summed E-state index contributed by atoms with van der Waals surface area (Å²) < 4.78 is 1.47. The highest BCUT2D eigenvalue weighted by molar-refractivity contribution is 8.01. The van der Waals surface area contributed by atoms with Gasteiger partial charge in [-0.3, -0.25) is 14.5 Å². The van der Waals surface area contributed by atoms with Crippen molar-refractivity contribution in [2.24, 2.45) is 7.05 Å². The SMILES string of the molecule is Cn1nnnc1SCC1=C(C(=O)O)N2C(=O)[C@@H](NC(=O)CCCC(Nc3ccccc3)C(=O)O)[C@@H]2SC1. The summed E-state index contributed by atoms with van der Waals surface area (Å²) in [6.07, 6.45) is 0.550. The Morgan fingerprint density at radius 3 is 2.65 bits per heavy atom. The van der Waals surface area contributed by atoms with Crippen molar-refractivity contribution in [3.05, 3.63) is 41.6 Å². The Hall–Kier alpha value is -3.59. The van der Waals surface area contributed by atoms with Gasteiger partial charge in [0.1, 0.15) is 23.2 Å². The molecule has 1 fully saturated rings. The monoisotopic (exact) mass is 547 g/mol. The summed E-state index contributed by atoms with van der Waals surface area (Å²) in [5.41, 5.74) is 1.17. The van der Waals surface area contributed by atoms with E-state index in [-0.39, 0.29) is 24.4 Å². The van der Waals surface area contributed by atoms with Crippen molar-refractivity contribution >= 4 is 53.0 Å². The molecule has 4 N–H and O–H groups in total. The molecule has 0 aliphatic carbocycles. The second-order valence-corrected chi connectivity index (χ2v) is 10.4. The third-order valence-electron chi connectivity index (χ3n) is 5.83. The molecule has 0 bridgehead atoms. The van der Waals surface area contributed by atoms with E-state index in [1.807, 2.05) is 6.07 Å². The Kier molecular flexibility index (Phi) is 8.33. The summed E-state index contributed by atoms with van der Waals surface area (Å²) in [5.74, 6) is -2.42. The summed E-state index contributed by atoms with van der Waals surface area (Å²) in [4.78, 5) is 50.1. The van der Waals surface area contributed by atoms with E-state index in [1.165, 1.54) is 33.1 Å². The number of carboxylic acids is 2. The van der Waals surface area contributed by atoms with Gasteiger partial charge in [-0.25, -0.2) is 14.3 Å². The zero-order chi connectivity index (χ0) is 26.5. The van der Waals surface area contributed by atoms with Crippen LogP contribution in [0.25, 0.3) is 0 Å². The van der Waals surface area contributed by atoms with Crippen molar-refractivity contribution < 1.29 is 29.4 Å². The second-order valence-electron chi connectivity index (χ2n) is 8.38. The molecule has 37 heavy (non-hydrogen) atoms. The normalized spacial score (nSPS) is 19.6. The molecule has 2 amide bonds. The number of hydrogen-bond donors (Lipinski definition) is 4. The minimum Gasteiger partial charge on any atom is -0.480 e. The zero-order valence-corrected chi connectivity index (χ0v) is 21.4. The zero-order valence-electron chi connectivity index (χ0n) is 19.7. The van der Waals surface area contributed by atoms with E-state index >= 15 is 0 Å². The molecule has 3 heterocycles. The van der Waals surface area contributed by atoms with Gasteiger partial charge in [-0.15, -0.1) is 16.9 Å². The van der Waals surface area contributed by atoms with E-state index in [0.717, 1.165) is 0 Å². The fourth-order valence-corrected chi connectivity index (χ4v) is 6.33. The van der Waals surface area contributed by atoms with Crippen LogP contribution >= 0.6 is 23.5 Å². The van der Waals surface area contributed by atoms with Crippen molar-refractivity contribution in [1.82, 2.24) is 30.4 Å². The average Bonchev–Trinajstić information content (AvgIpc) is 3.29. The summed E-state index contributed by atoms with van der Waals surface area (Å²) in [5, 5.41) is 36.0. The van der Waals surface area contributed by atoms with E-state index in [0.29, 0.717) is 34.3 Å². The Morgan fingerprint density at radius 2 is 2.00 bits per heavy atom. The lowest BCUT2D eigenvalue weighted by Crippen LogP contribution is -2.70. The first-order chi connectivity index (χ1) is 17.8. The van der Waals surface area contributed by atoms with Gasteiger partial charge in [-0.2, -0.15) is 0 Å². The van der Waals surface area contributed by atoms with Crippen molar-refractivity contribution in [3.63, 3.8) is 0 Å². The topological polar surface area (TPSA) is 180 Å². The van der Waals surface area contributed by atoms with E-state index in [1.54, 1.807) is 31.3 Å². The van der Waals surface area contributed by atoms with Crippen molar-refractivity contribution in [3.8, 4) is 0 Å². The maximum absolute atomic E-state index is 12.8. The van der Waals surface area contributed by atoms with E-state index < -0.39 is 35.3 Å². The smallest absolute Gasteiger partial charge is 0.352 e. The number of carbonyl (C=O) groups is 4. The number of carbonyl (C=O) groups excluding carboxylic acids is 2. The molecule has 0 radical (unpaired) electrons. The van der Waals surface area contributed by atoms with Gasteiger partial charge in [0.15, 0.2) is 0 Å². The number of amides is 2. The number of nitrogens with zero attached hydrogens (tertiary/aromatic N) is 5. The highest BCUT2D eigenvalue weighted by Gasteiger charge is 2.54. The standard InChI is InChI=1S/C22H25N7O6S2/c1-28-22(25-26-27-28)37-11-12-10-36-19-16(18(31)29(19)17(12)21(34)35)24-15(30)9-5-8-14(20(32)33)23-13-6-3-2-4-7-13/h2-4,6-7,14,16,19,23H,5,8-11H2,1H3,(H,24,30)(H,32,33)(H,34,35)/t14?,16-,19+/m1/s1. The van der Waals surface area contributed by atoms with Crippen LogP contribution in [0.5, 0.6) is 0 Å². The molecule has 2 aliphatic rings. The van der Waals surface area contributed by atoms with Crippen LogP contribution in [0.3, 0.4) is 0 Å². The van der Waals surface area contributed by atoms with E-state index in [4.69, 9.17) is 0 Å². The first kappa shape index (κ1) is 26.5. The minimum absolute atomic E-state index is 0.0384. The fourth-order valence-electron chi connectivity index (χ4n) is 3.99. The minimum atomic E-state index is -1.21. The molecule has 3 atom stereocenters. The highest BCUT2D eigenvalue weighted by atomic mass is 32.2. The van der Waals surface area contributed by atoms with Gasteiger partial charge in [-0.1, -0.05) is 30.0 Å². The van der Waals surface area contributed by atoms with Crippen LogP contribution in [0.1, 0.15) is 19.3 Å². The summed E-state index contributed by atoms with van der Waals surface area (Å²) in [6.45, 7) is 0. The van der Waals surface area contributed by atoms with Crippen LogP contribution < -0.4 is 10.6 Å². The predicted octanol–water partition coefficient (Wildman–Crippen LogP) is 0.776. The maximum Gasteiger partial charge on any atom is 0.352 e. The van der Waals surface area contributed by atoms with Gasteiger partial charge in [0, 0.05) is 30.7 Å². The van der Waals surface area contributed by atoms with Crippen LogP contribution in [0.15, 0.2) is 46.8 Å². The largest absolute Gasteiger partial charge is 0.480 e. The number of carboxylic acid groups (broad SMARTS) is 2. The number of nitrogens with one attached hydrogen (secondary N) is 2. The molecular formula is C22H25N7O6S2. The van der Waals surface area contributed by atoms with Gasteiger partial charge in [0.05, 0.1) is 0 Å². The number of hydrogen-bond acceptors (Lipinski definition) is 10. The third-order valence-corrected chi connectivity index (χ3v) is 8.27. The molecule has 2 aliphatic heterocycles. The third kappa shape index (κ3) is 6.05. The molecule has 4 rings (SSSR count). The average molecular weight is 548 g/mol. The molecule has 1 saturated heterocycles. The van der Waals surface area contributed by atoms with Gasteiger partial charge in [-0.05, 0) is 41.0 Å². The quantitative estimate of drug-likeness (QED) is 0.217. The molecule has 0 spiro atoms. The highest BCUT2D eigenvalue weighted by Crippen LogP contribution is 2.41. The Balaban J connectivity index is 1.30. The second kappa shape index (κ2) is 11.6. The van der Waals surface area contributed by atoms with Crippen LogP contribution in [-0.4, -0.2) is 88.0 Å². The first-order valence-electron chi connectivity index (χ1n) is 11.3. The number of benzene rings is 1. The molecule has 1 aromatic heterocycles. The van der Waals surface area contributed by atoms with Crippen molar-refractivity contribution in [2.75, 3.05) is 16.8 Å². The molecule has 1 unspecified atom stereocenters. The number of fused-ring (bicyclic) bond motifs is 1. The summed E-state index contributed by atoms with van der Waals surface area (Å²) in [6, 6.07) is 7.23. The summed E-state index contributed by atoms with van der Waals surface area (Å²) >= 11 is 2.65. The molecule has 196 valence electrons. The number of aromatic nitrogens is 4. The lowest BCUT2D eigenvalue weighted by Gasteiger charge is -2.49. The molecular weight excluding hydrogens is 522 g/mol. The van der Waals surface area contributed by atoms with Gasteiger partial charge >= 0.3 is 11.9 Å². The number of aliphatic carboxylic acids is 2. The summed E-state index contributed by atoms with van der Waals surface area (Å²) in [7, 11) is 1.67. The Labute approximate surface area is 220 Å². The molecule has 2 aromatic rings. The number of para-hydroxylation sites is 1. The van der Waals surface area contributed by atoms with Gasteiger partial charge in [0.2, 0.25) is 11.1 Å². The lowest BCUT2D eigenvalue weighted by molar-refractivity contribution is -0.150. The van der Waals surface area contributed by atoms with Crippen molar-refractivity contribution in [2.45, 2.75) is 41.9 Å².